The Morgan fingerprint density at radius 2 is 2.00 bits per heavy atom. The van der Waals surface area contributed by atoms with Gasteiger partial charge in [0, 0.05) is 0 Å². The quantitative estimate of drug-likeness (QED) is 0.638. The van der Waals surface area contributed by atoms with Crippen molar-refractivity contribution in [1.82, 2.24) is 5.32 Å². The van der Waals surface area contributed by atoms with Gasteiger partial charge in [-0.2, -0.15) is 0 Å². The fraction of sp³-hybridized carbons (Fsp3) is 0.909. The highest BCUT2D eigenvalue weighted by Gasteiger charge is 2.49. The highest BCUT2D eigenvalue weighted by Crippen LogP contribution is 2.44. The summed E-state index contributed by atoms with van der Waals surface area (Å²) in [4.78, 5) is 11.4. The Hall–Kier alpha value is -0.570. The van der Waals surface area contributed by atoms with Gasteiger partial charge in [-0.3, -0.25) is 4.79 Å². The van der Waals surface area contributed by atoms with Crippen LogP contribution in [0.4, 0.5) is 0 Å². The maximum absolute atomic E-state index is 11.4. The normalized spacial score (nSPS) is 36.9. The smallest absolute Gasteiger partial charge is 0.246 e. The van der Waals surface area contributed by atoms with Crippen LogP contribution in [-0.4, -0.2) is 24.7 Å². The number of amides is 1. The molecule has 2 rings (SSSR count). The summed E-state index contributed by atoms with van der Waals surface area (Å²) in [6, 6.07) is 0. The summed E-state index contributed by atoms with van der Waals surface area (Å²) in [6.45, 7) is 5.39. The van der Waals surface area contributed by atoms with E-state index in [4.69, 9.17) is 4.74 Å². The van der Waals surface area contributed by atoms with Crippen LogP contribution in [0, 0.1) is 5.41 Å². The minimum absolute atomic E-state index is 0.0474. The molecule has 3 nitrogen and oxygen atoms in total. The van der Waals surface area contributed by atoms with Crippen molar-refractivity contribution in [2.45, 2.75) is 45.1 Å². The van der Waals surface area contributed by atoms with Crippen LogP contribution in [0.25, 0.3) is 0 Å². The van der Waals surface area contributed by atoms with E-state index in [0.717, 1.165) is 6.42 Å². The molecule has 2 aliphatic rings. The lowest BCUT2D eigenvalue weighted by Crippen LogP contribution is -2.65. The molecule has 80 valence electrons. The maximum Gasteiger partial charge on any atom is 0.246 e. The van der Waals surface area contributed by atoms with Crippen LogP contribution in [0.15, 0.2) is 0 Å². The van der Waals surface area contributed by atoms with Gasteiger partial charge < -0.3 is 10.1 Å². The Morgan fingerprint density at radius 1 is 1.29 bits per heavy atom. The summed E-state index contributed by atoms with van der Waals surface area (Å²) >= 11 is 0. The van der Waals surface area contributed by atoms with E-state index in [9.17, 15) is 4.79 Å². The van der Waals surface area contributed by atoms with E-state index in [2.05, 4.69) is 19.2 Å². The van der Waals surface area contributed by atoms with Gasteiger partial charge in [-0.1, -0.05) is 26.7 Å². The highest BCUT2D eigenvalue weighted by molar-refractivity contribution is 5.79. The van der Waals surface area contributed by atoms with Crippen LogP contribution in [0.3, 0.4) is 0 Å². The number of hydrogen-bond donors (Lipinski definition) is 1. The van der Waals surface area contributed by atoms with E-state index in [1.807, 2.05) is 0 Å². The van der Waals surface area contributed by atoms with Crippen molar-refractivity contribution in [3.05, 3.63) is 0 Å². The maximum atomic E-state index is 11.4. The molecule has 0 radical (unpaired) electrons. The lowest BCUT2D eigenvalue weighted by atomic mass is 9.63. The molecule has 1 amide bonds. The van der Waals surface area contributed by atoms with E-state index in [1.165, 1.54) is 19.3 Å². The van der Waals surface area contributed by atoms with Crippen molar-refractivity contribution >= 4 is 5.91 Å². The molecule has 1 saturated carbocycles. The number of nitrogens with one attached hydrogen (secondary N) is 1. The molecule has 14 heavy (non-hydrogen) atoms. The van der Waals surface area contributed by atoms with Crippen molar-refractivity contribution < 1.29 is 9.53 Å². The molecule has 1 saturated heterocycles. The molecule has 1 aliphatic heterocycles. The van der Waals surface area contributed by atoms with E-state index >= 15 is 0 Å². The molecular formula is C11H19NO2. The SMILES string of the molecule is CC1(C)CCCCC12COCC(=O)N2. The van der Waals surface area contributed by atoms with E-state index in [1.54, 1.807) is 0 Å². The number of hydrogen-bond acceptors (Lipinski definition) is 2. The molecule has 1 aliphatic carbocycles. The standard InChI is InChI=1S/C11H19NO2/c1-10(2)5-3-4-6-11(10)8-14-7-9(13)12-11/h3-8H2,1-2H3,(H,12,13). The molecule has 2 fully saturated rings. The van der Waals surface area contributed by atoms with Crippen molar-refractivity contribution in [3.8, 4) is 0 Å². The van der Waals surface area contributed by atoms with E-state index < -0.39 is 0 Å². The summed E-state index contributed by atoms with van der Waals surface area (Å²) in [5, 5.41) is 3.16. The van der Waals surface area contributed by atoms with Crippen molar-refractivity contribution in [2.75, 3.05) is 13.2 Å². The van der Waals surface area contributed by atoms with Crippen molar-refractivity contribution in [1.29, 1.82) is 0 Å². The Morgan fingerprint density at radius 3 is 2.64 bits per heavy atom. The zero-order valence-electron chi connectivity index (χ0n) is 9.06. The van der Waals surface area contributed by atoms with Crippen LogP contribution in [0.1, 0.15) is 39.5 Å². The fourth-order valence-electron chi connectivity index (χ4n) is 2.73. The summed E-state index contributed by atoms with van der Waals surface area (Å²) in [6.07, 6.45) is 4.71. The first kappa shape index (κ1) is 9.97. The largest absolute Gasteiger partial charge is 0.369 e. The van der Waals surface area contributed by atoms with Gasteiger partial charge in [0.05, 0.1) is 12.1 Å². The lowest BCUT2D eigenvalue weighted by Gasteiger charge is -2.52. The molecule has 1 atom stereocenters. The first-order valence-electron chi connectivity index (χ1n) is 5.45. The topological polar surface area (TPSA) is 38.3 Å². The third kappa shape index (κ3) is 1.44. The average molecular weight is 197 g/mol. The number of carbonyl (C=O) groups is 1. The van der Waals surface area contributed by atoms with E-state index in [-0.39, 0.29) is 23.5 Å². The molecule has 1 unspecified atom stereocenters. The second-order valence-electron chi connectivity index (χ2n) is 5.21. The Balaban J connectivity index is 2.22. The minimum Gasteiger partial charge on any atom is -0.369 e. The zero-order chi connectivity index (χ0) is 10.2. The zero-order valence-corrected chi connectivity index (χ0v) is 9.06. The van der Waals surface area contributed by atoms with Gasteiger partial charge in [0.15, 0.2) is 0 Å². The lowest BCUT2D eigenvalue weighted by molar-refractivity contribution is -0.143. The molecule has 1 heterocycles. The predicted molar refractivity (Wildman–Crippen MR) is 53.9 cm³/mol. The van der Waals surface area contributed by atoms with Gasteiger partial charge in [0.25, 0.3) is 0 Å². The van der Waals surface area contributed by atoms with Gasteiger partial charge in [-0.15, -0.1) is 0 Å². The van der Waals surface area contributed by atoms with Gasteiger partial charge in [-0.05, 0) is 18.3 Å². The number of morpholine rings is 1. The van der Waals surface area contributed by atoms with Gasteiger partial charge in [-0.25, -0.2) is 0 Å². The number of ether oxygens (including phenoxy) is 1. The van der Waals surface area contributed by atoms with Crippen LogP contribution in [0.2, 0.25) is 0 Å². The van der Waals surface area contributed by atoms with Crippen molar-refractivity contribution in [2.24, 2.45) is 5.41 Å². The molecule has 3 heteroatoms. The molecule has 0 aromatic carbocycles. The summed E-state index contributed by atoms with van der Waals surface area (Å²) in [7, 11) is 0. The number of carbonyl (C=O) groups excluding carboxylic acids is 1. The first-order valence-corrected chi connectivity index (χ1v) is 5.45. The van der Waals surface area contributed by atoms with Crippen LogP contribution in [0.5, 0.6) is 0 Å². The van der Waals surface area contributed by atoms with Gasteiger partial charge in [0.1, 0.15) is 6.61 Å². The molecule has 1 N–H and O–H groups in total. The van der Waals surface area contributed by atoms with Crippen molar-refractivity contribution in [3.63, 3.8) is 0 Å². The molecular weight excluding hydrogens is 178 g/mol. The summed E-state index contributed by atoms with van der Waals surface area (Å²) in [5.41, 5.74) is 0.0713. The predicted octanol–water partition coefficient (Wildman–Crippen LogP) is 1.47. The average Bonchev–Trinajstić information content (AvgIpc) is 2.11. The number of rotatable bonds is 0. The Bertz CT molecular complexity index is 246. The fourth-order valence-corrected chi connectivity index (χ4v) is 2.73. The third-order valence-electron chi connectivity index (χ3n) is 3.91. The highest BCUT2D eigenvalue weighted by atomic mass is 16.5. The summed E-state index contributed by atoms with van der Waals surface area (Å²) in [5.74, 6) is 0.0474. The summed E-state index contributed by atoms with van der Waals surface area (Å²) < 4.78 is 5.40. The second-order valence-corrected chi connectivity index (χ2v) is 5.21. The first-order chi connectivity index (χ1) is 6.56. The molecule has 0 aromatic rings. The monoisotopic (exact) mass is 197 g/mol. The van der Waals surface area contributed by atoms with Crippen LogP contribution in [-0.2, 0) is 9.53 Å². The third-order valence-corrected chi connectivity index (χ3v) is 3.91. The van der Waals surface area contributed by atoms with Crippen LogP contribution < -0.4 is 5.32 Å². The second kappa shape index (κ2) is 3.23. The van der Waals surface area contributed by atoms with Gasteiger partial charge in [0.2, 0.25) is 5.91 Å². The van der Waals surface area contributed by atoms with Crippen LogP contribution >= 0.6 is 0 Å². The molecule has 0 bridgehead atoms. The van der Waals surface area contributed by atoms with Gasteiger partial charge >= 0.3 is 0 Å². The minimum atomic E-state index is -0.0966. The Labute approximate surface area is 85.2 Å². The molecule has 0 aromatic heterocycles. The Kier molecular flexibility index (Phi) is 2.30. The van der Waals surface area contributed by atoms with E-state index in [0.29, 0.717) is 6.61 Å². The molecule has 1 spiro atoms.